The summed E-state index contributed by atoms with van der Waals surface area (Å²) in [6.07, 6.45) is 2.56. The lowest BCUT2D eigenvalue weighted by atomic mass is 10.1. The molecule has 2 N–H and O–H groups in total. The first-order chi connectivity index (χ1) is 13.6. The number of aromatic nitrogens is 1. The van der Waals surface area contributed by atoms with Gasteiger partial charge in [0.1, 0.15) is 11.4 Å². The molecule has 0 unspecified atom stereocenters. The Kier molecular flexibility index (Phi) is 5.51. The van der Waals surface area contributed by atoms with Crippen molar-refractivity contribution in [3.05, 3.63) is 88.1 Å². The fourth-order valence-electron chi connectivity index (χ4n) is 2.74. The number of nitrogens with one attached hydrogen (secondary N) is 2. The number of nitrogens with zero attached hydrogens (tertiary/aromatic N) is 1. The first-order valence-electron chi connectivity index (χ1n) is 8.51. The molecule has 1 heterocycles. The van der Waals surface area contributed by atoms with Crippen molar-refractivity contribution in [2.24, 2.45) is 0 Å². The molecule has 0 aliphatic rings. The quantitative estimate of drug-likeness (QED) is 0.670. The Morgan fingerprint density at radius 2 is 1.55 bits per heavy atom. The molecule has 3 aromatic rings. The summed E-state index contributed by atoms with van der Waals surface area (Å²) < 4.78 is 39.2. The molecule has 0 saturated carbocycles. The number of carbonyl (C=O) groups excluding carboxylic acids is 1. The maximum absolute atomic E-state index is 13.1. The minimum absolute atomic E-state index is 0.0461. The molecule has 0 fully saturated rings. The molecule has 0 radical (unpaired) electrons. The van der Waals surface area contributed by atoms with Gasteiger partial charge in [0, 0.05) is 23.3 Å². The molecule has 7 nitrogen and oxygen atoms in total. The predicted molar refractivity (Wildman–Crippen MR) is 110 cm³/mol. The Bertz CT molecular complexity index is 1220. The van der Waals surface area contributed by atoms with Crippen LogP contribution in [0.5, 0.6) is 0 Å². The molecule has 0 saturated heterocycles. The number of hydrogen-bond acceptors (Lipinski definition) is 4. The van der Waals surface area contributed by atoms with Gasteiger partial charge in [-0.2, -0.15) is 0 Å². The van der Waals surface area contributed by atoms with Crippen LogP contribution in [0.25, 0.3) is 5.69 Å². The minimum atomic E-state index is -3.41. The van der Waals surface area contributed by atoms with E-state index in [0.717, 1.165) is 6.26 Å². The molecule has 0 atom stereocenters. The normalized spacial score (nSPS) is 11.1. The van der Waals surface area contributed by atoms with Crippen LogP contribution in [0.3, 0.4) is 0 Å². The maximum atomic E-state index is 13.1. The van der Waals surface area contributed by atoms with Crippen molar-refractivity contribution in [2.45, 2.75) is 6.92 Å². The summed E-state index contributed by atoms with van der Waals surface area (Å²) >= 11 is 0. The number of pyridine rings is 1. The third-order valence-electron chi connectivity index (χ3n) is 4.08. The van der Waals surface area contributed by atoms with Gasteiger partial charge >= 0.3 is 0 Å². The summed E-state index contributed by atoms with van der Waals surface area (Å²) in [7, 11) is -3.41. The van der Waals surface area contributed by atoms with Crippen LogP contribution in [0.15, 0.2) is 65.6 Å². The van der Waals surface area contributed by atoms with Gasteiger partial charge in [-0.3, -0.25) is 18.9 Å². The third kappa shape index (κ3) is 4.88. The number of benzene rings is 2. The number of carbonyl (C=O) groups is 1. The fraction of sp³-hybridized carbons (Fsp3) is 0.100. The van der Waals surface area contributed by atoms with Crippen LogP contribution < -0.4 is 15.6 Å². The van der Waals surface area contributed by atoms with Gasteiger partial charge in [-0.05, 0) is 67.1 Å². The van der Waals surface area contributed by atoms with Crippen molar-refractivity contribution in [3.8, 4) is 5.69 Å². The zero-order valence-corrected chi connectivity index (χ0v) is 16.5. The molecule has 2 aromatic carbocycles. The summed E-state index contributed by atoms with van der Waals surface area (Å²) in [5.74, 6) is -1.03. The average Bonchev–Trinajstić information content (AvgIpc) is 2.63. The van der Waals surface area contributed by atoms with Gasteiger partial charge in [0.05, 0.1) is 6.26 Å². The van der Waals surface area contributed by atoms with Crippen LogP contribution in [0.4, 0.5) is 15.8 Å². The summed E-state index contributed by atoms with van der Waals surface area (Å²) in [5.41, 5.74) is 1.08. The second kappa shape index (κ2) is 7.88. The van der Waals surface area contributed by atoms with E-state index in [9.17, 15) is 22.4 Å². The molecular weight excluding hydrogens is 397 g/mol. The molecule has 0 aliphatic heterocycles. The highest BCUT2D eigenvalue weighted by molar-refractivity contribution is 7.92. The number of hydrogen-bond donors (Lipinski definition) is 2. The van der Waals surface area contributed by atoms with E-state index in [1.165, 1.54) is 59.3 Å². The summed E-state index contributed by atoms with van der Waals surface area (Å²) in [6.45, 7) is 1.64. The number of anilines is 2. The SMILES string of the molecule is Cc1ccn(-c2ccc(F)cc2)c(=O)c1C(=O)Nc1ccc(NS(C)(=O)=O)cc1. The molecule has 9 heteroatoms. The number of halogens is 1. The third-order valence-corrected chi connectivity index (χ3v) is 4.68. The summed E-state index contributed by atoms with van der Waals surface area (Å²) in [4.78, 5) is 25.6. The van der Waals surface area contributed by atoms with Crippen LogP contribution >= 0.6 is 0 Å². The second-order valence-corrected chi connectivity index (χ2v) is 8.18. The van der Waals surface area contributed by atoms with Crippen LogP contribution in [0.2, 0.25) is 0 Å². The number of aryl methyl sites for hydroxylation is 1. The lowest BCUT2D eigenvalue weighted by Crippen LogP contribution is -2.29. The largest absolute Gasteiger partial charge is 0.322 e. The van der Waals surface area contributed by atoms with E-state index < -0.39 is 27.3 Å². The smallest absolute Gasteiger partial charge is 0.268 e. The zero-order valence-electron chi connectivity index (χ0n) is 15.6. The van der Waals surface area contributed by atoms with Gasteiger partial charge in [-0.15, -0.1) is 0 Å². The minimum Gasteiger partial charge on any atom is -0.322 e. The van der Waals surface area contributed by atoms with E-state index in [-0.39, 0.29) is 5.56 Å². The molecule has 0 bridgehead atoms. The Morgan fingerprint density at radius 1 is 0.966 bits per heavy atom. The maximum Gasteiger partial charge on any atom is 0.268 e. The van der Waals surface area contributed by atoms with Gasteiger partial charge in [0.15, 0.2) is 0 Å². The Morgan fingerprint density at radius 3 is 2.14 bits per heavy atom. The van der Waals surface area contributed by atoms with Crippen molar-refractivity contribution < 1.29 is 17.6 Å². The molecule has 29 heavy (non-hydrogen) atoms. The van der Waals surface area contributed by atoms with E-state index >= 15 is 0 Å². The lowest BCUT2D eigenvalue weighted by Gasteiger charge is -2.12. The molecule has 1 amide bonds. The van der Waals surface area contributed by atoms with Crippen LogP contribution in [0.1, 0.15) is 15.9 Å². The van der Waals surface area contributed by atoms with Crippen molar-refractivity contribution in [1.82, 2.24) is 4.57 Å². The van der Waals surface area contributed by atoms with E-state index in [1.807, 2.05) is 0 Å². The van der Waals surface area contributed by atoms with Gasteiger partial charge in [-0.25, -0.2) is 12.8 Å². The van der Waals surface area contributed by atoms with Crippen molar-refractivity contribution >= 4 is 27.3 Å². The average molecular weight is 415 g/mol. The second-order valence-electron chi connectivity index (χ2n) is 6.43. The van der Waals surface area contributed by atoms with Gasteiger partial charge in [0.2, 0.25) is 10.0 Å². The first kappa shape index (κ1) is 20.3. The molecular formula is C20H18FN3O4S. The molecule has 3 rings (SSSR count). The van der Waals surface area contributed by atoms with E-state index in [4.69, 9.17) is 0 Å². The molecule has 0 spiro atoms. The topological polar surface area (TPSA) is 97.3 Å². The summed E-state index contributed by atoms with van der Waals surface area (Å²) in [5, 5.41) is 2.63. The zero-order chi connectivity index (χ0) is 21.2. The standard InChI is InChI=1S/C20H18FN3O4S/c1-13-11-12-24(17-9-3-14(21)4-10-17)20(26)18(13)19(25)22-15-5-7-16(8-6-15)23-29(2,27)28/h3-12,23H,1-2H3,(H,22,25). The van der Waals surface area contributed by atoms with Crippen molar-refractivity contribution in [1.29, 1.82) is 0 Å². The van der Waals surface area contributed by atoms with Gasteiger partial charge in [-0.1, -0.05) is 0 Å². The van der Waals surface area contributed by atoms with Crippen LogP contribution in [-0.4, -0.2) is 25.1 Å². The van der Waals surface area contributed by atoms with E-state index in [1.54, 1.807) is 13.0 Å². The Labute approximate surface area is 166 Å². The highest BCUT2D eigenvalue weighted by Gasteiger charge is 2.17. The Balaban J connectivity index is 1.88. The lowest BCUT2D eigenvalue weighted by molar-refractivity contribution is 0.102. The predicted octanol–water partition coefficient (Wildman–Crippen LogP) is 2.91. The van der Waals surface area contributed by atoms with E-state index in [2.05, 4.69) is 10.0 Å². The Hall–Kier alpha value is -3.46. The van der Waals surface area contributed by atoms with Crippen molar-refractivity contribution in [2.75, 3.05) is 16.3 Å². The van der Waals surface area contributed by atoms with Gasteiger partial charge < -0.3 is 5.32 Å². The number of rotatable bonds is 5. The first-order valence-corrected chi connectivity index (χ1v) is 10.4. The highest BCUT2D eigenvalue weighted by Crippen LogP contribution is 2.16. The summed E-state index contributed by atoms with van der Waals surface area (Å²) in [6, 6.07) is 13.0. The molecule has 0 aliphatic carbocycles. The highest BCUT2D eigenvalue weighted by atomic mass is 32.2. The molecule has 1 aromatic heterocycles. The van der Waals surface area contributed by atoms with Crippen molar-refractivity contribution in [3.63, 3.8) is 0 Å². The molecule has 150 valence electrons. The van der Waals surface area contributed by atoms with E-state index in [0.29, 0.717) is 22.6 Å². The number of amides is 1. The van der Waals surface area contributed by atoms with Crippen LogP contribution in [0, 0.1) is 12.7 Å². The number of sulfonamides is 1. The fourth-order valence-corrected chi connectivity index (χ4v) is 3.30. The van der Waals surface area contributed by atoms with Crippen LogP contribution in [-0.2, 0) is 10.0 Å². The van der Waals surface area contributed by atoms with Gasteiger partial charge in [0.25, 0.3) is 11.5 Å². The monoisotopic (exact) mass is 415 g/mol.